The highest BCUT2D eigenvalue weighted by Gasteiger charge is 2.22. The molecule has 0 saturated heterocycles. The average Bonchev–Trinajstić information content (AvgIpc) is 2.22. The number of rotatable bonds is 3. The summed E-state index contributed by atoms with van der Waals surface area (Å²) in [5.41, 5.74) is 0.655. The second-order valence-electron chi connectivity index (χ2n) is 5.69. The molecule has 18 heavy (non-hydrogen) atoms. The molecular weight excluding hydrogens is 250 g/mol. The van der Waals surface area contributed by atoms with Gasteiger partial charge in [-0.2, -0.15) is 0 Å². The van der Waals surface area contributed by atoms with E-state index in [0.29, 0.717) is 12.1 Å². The van der Waals surface area contributed by atoms with Crippen LogP contribution in [0.5, 0.6) is 5.75 Å². The van der Waals surface area contributed by atoms with Gasteiger partial charge in [0.05, 0.1) is 5.02 Å². The molecule has 1 rings (SSSR count). The summed E-state index contributed by atoms with van der Waals surface area (Å²) in [5, 5.41) is 12.5. The number of aromatic hydroxyl groups is 1. The van der Waals surface area contributed by atoms with Gasteiger partial charge in [-0.15, -0.1) is 0 Å². The Morgan fingerprint density at radius 3 is 2.56 bits per heavy atom. The van der Waals surface area contributed by atoms with E-state index in [1.54, 1.807) is 12.1 Å². The molecule has 100 valence electrons. The van der Waals surface area contributed by atoms with Crippen LogP contribution in [0.2, 0.25) is 5.02 Å². The molecular formula is C14H20ClNO2. The number of carbonyl (C=O) groups excluding carboxylic acids is 1. The van der Waals surface area contributed by atoms with Crippen LogP contribution < -0.4 is 5.32 Å². The fourth-order valence-corrected chi connectivity index (χ4v) is 1.50. The summed E-state index contributed by atoms with van der Waals surface area (Å²) in [6.07, 6.45) is 0.451. The lowest BCUT2D eigenvalue weighted by atomic mass is 9.80. The van der Waals surface area contributed by atoms with Gasteiger partial charge in [0.25, 0.3) is 0 Å². The summed E-state index contributed by atoms with van der Waals surface area (Å²) in [6.45, 7) is 8.39. The van der Waals surface area contributed by atoms with Crippen LogP contribution in [-0.4, -0.2) is 11.0 Å². The number of halogens is 1. The summed E-state index contributed by atoms with van der Waals surface area (Å²) < 4.78 is 0. The molecule has 4 heteroatoms. The van der Waals surface area contributed by atoms with Crippen molar-refractivity contribution in [1.82, 2.24) is 0 Å². The largest absolute Gasteiger partial charge is 0.506 e. The van der Waals surface area contributed by atoms with Crippen molar-refractivity contribution in [3.63, 3.8) is 0 Å². The van der Waals surface area contributed by atoms with Gasteiger partial charge in [0, 0.05) is 18.2 Å². The Morgan fingerprint density at radius 1 is 1.44 bits per heavy atom. The summed E-state index contributed by atoms with van der Waals surface area (Å²) in [6, 6.07) is 4.67. The molecule has 1 aromatic rings. The van der Waals surface area contributed by atoms with Gasteiger partial charge in [0.15, 0.2) is 0 Å². The minimum atomic E-state index is -0.0563. The number of anilines is 1. The first-order chi connectivity index (χ1) is 8.20. The maximum atomic E-state index is 11.8. The molecule has 3 nitrogen and oxygen atoms in total. The standard InChI is InChI=1S/C14H20ClNO2/c1-9(14(2,3)4)7-13(18)16-10-5-6-11(15)12(17)8-10/h5-6,8-9,17H,7H2,1-4H3,(H,16,18). The Morgan fingerprint density at radius 2 is 2.06 bits per heavy atom. The second kappa shape index (κ2) is 5.61. The number of nitrogens with one attached hydrogen (secondary N) is 1. The minimum absolute atomic E-state index is 0.0293. The number of amides is 1. The van der Waals surface area contributed by atoms with Gasteiger partial charge in [0.2, 0.25) is 5.91 Å². The maximum absolute atomic E-state index is 11.8. The van der Waals surface area contributed by atoms with Crippen molar-refractivity contribution < 1.29 is 9.90 Å². The fraction of sp³-hybridized carbons (Fsp3) is 0.500. The smallest absolute Gasteiger partial charge is 0.224 e. The van der Waals surface area contributed by atoms with E-state index in [4.69, 9.17) is 11.6 Å². The molecule has 0 fully saturated rings. The Balaban J connectivity index is 2.62. The average molecular weight is 270 g/mol. The van der Waals surface area contributed by atoms with Gasteiger partial charge in [0.1, 0.15) is 5.75 Å². The van der Waals surface area contributed by atoms with Gasteiger partial charge in [-0.1, -0.05) is 39.3 Å². The first-order valence-corrected chi connectivity index (χ1v) is 6.36. The van der Waals surface area contributed by atoms with Gasteiger partial charge >= 0.3 is 0 Å². The normalized spacial score (nSPS) is 13.2. The molecule has 0 saturated carbocycles. The Hall–Kier alpha value is -1.22. The van der Waals surface area contributed by atoms with Crippen LogP contribution in [0.25, 0.3) is 0 Å². The molecule has 1 amide bonds. The molecule has 0 spiro atoms. The molecule has 0 aliphatic rings. The SMILES string of the molecule is CC(CC(=O)Nc1ccc(Cl)c(O)c1)C(C)(C)C. The molecule has 1 aromatic carbocycles. The van der Waals surface area contributed by atoms with Gasteiger partial charge in [-0.3, -0.25) is 4.79 Å². The highest BCUT2D eigenvalue weighted by atomic mass is 35.5. The lowest BCUT2D eigenvalue weighted by Gasteiger charge is -2.26. The van der Waals surface area contributed by atoms with Crippen LogP contribution in [0.15, 0.2) is 18.2 Å². The molecule has 0 aliphatic carbocycles. The van der Waals surface area contributed by atoms with Crippen molar-refractivity contribution in [2.24, 2.45) is 11.3 Å². The van der Waals surface area contributed by atoms with Crippen LogP contribution in [-0.2, 0) is 4.79 Å². The molecule has 0 radical (unpaired) electrons. The van der Waals surface area contributed by atoms with E-state index in [-0.39, 0.29) is 28.0 Å². The topological polar surface area (TPSA) is 49.3 Å². The van der Waals surface area contributed by atoms with Crippen molar-refractivity contribution in [3.05, 3.63) is 23.2 Å². The van der Waals surface area contributed by atoms with E-state index in [0.717, 1.165) is 0 Å². The molecule has 2 N–H and O–H groups in total. The predicted molar refractivity (Wildman–Crippen MR) is 75.0 cm³/mol. The van der Waals surface area contributed by atoms with Gasteiger partial charge < -0.3 is 10.4 Å². The molecule has 0 bridgehead atoms. The Kier molecular flexibility index (Phi) is 4.63. The van der Waals surface area contributed by atoms with Crippen molar-refractivity contribution in [1.29, 1.82) is 0 Å². The number of carbonyl (C=O) groups is 1. The summed E-state index contributed by atoms with van der Waals surface area (Å²) in [4.78, 5) is 11.8. The monoisotopic (exact) mass is 269 g/mol. The van der Waals surface area contributed by atoms with E-state index in [1.807, 2.05) is 0 Å². The number of hydrogen-bond donors (Lipinski definition) is 2. The van der Waals surface area contributed by atoms with E-state index < -0.39 is 0 Å². The zero-order chi connectivity index (χ0) is 13.9. The van der Waals surface area contributed by atoms with Gasteiger partial charge in [-0.25, -0.2) is 0 Å². The van der Waals surface area contributed by atoms with Crippen LogP contribution in [0.3, 0.4) is 0 Å². The molecule has 1 atom stereocenters. The third-order valence-electron chi connectivity index (χ3n) is 3.20. The molecule has 1 unspecified atom stereocenters. The van der Waals surface area contributed by atoms with Crippen LogP contribution >= 0.6 is 11.6 Å². The van der Waals surface area contributed by atoms with Crippen molar-refractivity contribution >= 4 is 23.2 Å². The summed E-state index contributed by atoms with van der Waals surface area (Å²) in [5.74, 6) is 0.191. The predicted octanol–water partition coefficient (Wildman–Crippen LogP) is 4.06. The maximum Gasteiger partial charge on any atom is 0.224 e. The first-order valence-electron chi connectivity index (χ1n) is 5.98. The Labute approximate surface area is 113 Å². The van der Waals surface area contributed by atoms with E-state index in [1.165, 1.54) is 6.07 Å². The number of benzene rings is 1. The van der Waals surface area contributed by atoms with Crippen molar-refractivity contribution in [2.45, 2.75) is 34.1 Å². The van der Waals surface area contributed by atoms with E-state index in [9.17, 15) is 9.90 Å². The summed E-state index contributed by atoms with van der Waals surface area (Å²) >= 11 is 5.70. The lowest BCUT2D eigenvalue weighted by Crippen LogP contribution is -2.23. The van der Waals surface area contributed by atoms with Crippen LogP contribution in [0.1, 0.15) is 34.1 Å². The van der Waals surface area contributed by atoms with Crippen molar-refractivity contribution in [3.8, 4) is 5.75 Å². The first kappa shape index (κ1) is 14.8. The van der Waals surface area contributed by atoms with Crippen LogP contribution in [0, 0.1) is 11.3 Å². The number of hydrogen-bond acceptors (Lipinski definition) is 2. The fourth-order valence-electron chi connectivity index (χ4n) is 1.39. The van der Waals surface area contributed by atoms with E-state index >= 15 is 0 Å². The third-order valence-corrected chi connectivity index (χ3v) is 3.52. The van der Waals surface area contributed by atoms with Crippen molar-refractivity contribution in [2.75, 3.05) is 5.32 Å². The van der Waals surface area contributed by atoms with E-state index in [2.05, 4.69) is 33.0 Å². The molecule has 0 aliphatic heterocycles. The number of phenolic OH excluding ortho intramolecular Hbond substituents is 1. The second-order valence-corrected chi connectivity index (χ2v) is 6.09. The minimum Gasteiger partial charge on any atom is -0.506 e. The quantitative estimate of drug-likeness (QED) is 0.869. The lowest BCUT2D eigenvalue weighted by molar-refractivity contribution is -0.117. The highest BCUT2D eigenvalue weighted by Crippen LogP contribution is 2.29. The molecule has 0 heterocycles. The zero-order valence-corrected chi connectivity index (χ0v) is 12.0. The zero-order valence-electron chi connectivity index (χ0n) is 11.2. The highest BCUT2D eigenvalue weighted by molar-refractivity contribution is 6.32. The molecule has 0 aromatic heterocycles. The number of phenols is 1. The third kappa shape index (κ3) is 4.22. The summed E-state index contributed by atoms with van der Waals surface area (Å²) in [7, 11) is 0. The Bertz CT molecular complexity index is 438. The van der Waals surface area contributed by atoms with Gasteiger partial charge in [-0.05, 0) is 23.5 Å². The van der Waals surface area contributed by atoms with Crippen LogP contribution in [0.4, 0.5) is 5.69 Å².